The first-order valence-electron chi connectivity index (χ1n) is 36.4. The lowest BCUT2D eigenvalue weighted by Gasteiger charge is -2.34. The highest BCUT2D eigenvalue weighted by Crippen LogP contribution is 2.35. The average molecular weight is 1590 g/mol. The number of carboxylic acid groups (broad SMARTS) is 3. The van der Waals surface area contributed by atoms with Gasteiger partial charge in [-0.25, -0.2) is 53.9 Å². The highest BCUT2D eigenvalue weighted by molar-refractivity contribution is 5.90. The van der Waals surface area contributed by atoms with Crippen molar-refractivity contribution >= 4 is 83.4 Å². The number of hydrogen-bond donors (Lipinski definition) is 11. The molecule has 0 radical (unpaired) electrons. The summed E-state index contributed by atoms with van der Waals surface area (Å²) in [4.78, 5) is 123. The molecular formula is C76H102F6N16O15. The van der Waals surface area contributed by atoms with Gasteiger partial charge < -0.3 is 87.0 Å². The van der Waals surface area contributed by atoms with Crippen LogP contribution in [0.1, 0.15) is 151 Å². The number of aliphatic carboxylic acids is 2. The van der Waals surface area contributed by atoms with Gasteiger partial charge in [0.25, 0.3) is 6.47 Å². The number of anilines is 6. The van der Waals surface area contributed by atoms with Crippen molar-refractivity contribution in [2.24, 2.45) is 5.73 Å². The van der Waals surface area contributed by atoms with Crippen LogP contribution in [0.25, 0.3) is 0 Å². The van der Waals surface area contributed by atoms with Gasteiger partial charge in [0, 0.05) is 86.7 Å². The number of rotatable bonds is 21. The van der Waals surface area contributed by atoms with Crippen LogP contribution in [0.3, 0.4) is 0 Å². The van der Waals surface area contributed by atoms with E-state index in [0.29, 0.717) is 23.5 Å². The lowest BCUT2D eigenvalue weighted by molar-refractivity contribution is -0.192. The molecular weight excluding hydrogens is 1490 g/mol. The van der Waals surface area contributed by atoms with E-state index in [1.807, 2.05) is 95.3 Å². The van der Waals surface area contributed by atoms with Crippen molar-refractivity contribution in [3.8, 4) is 0 Å². The number of aromatic nitrogens is 6. The number of nitrogens with zero attached hydrogens (tertiary/aromatic N) is 8. The van der Waals surface area contributed by atoms with E-state index in [2.05, 4.69) is 91.2 Å². The van der Waals surface area contributed by atoms with E-state index in [1.165, 1.54) is 30.7 Å². The second-order valence-corrected chi connectivity index (χ2v) is 28.3. The minimum atomic E-state index is -5.08. The Morgan fingerprint density at radius 1 is 0.593 bits per heavy atom. The van der Waals surface area contributed by atoms with Gasteiger partial charge in [0.2, 0.25) is 5.91 Å². The van der Waals surface area contributed by atoms with E-state index >= 15 is 0 Å². The van der Waals surface area contributed by atoms with Crippen LogP contribution in [-0.2, 0) is 73.8 Å². The molecule has 0 saturated carbocycles. The number of aryl methyl sites for hydroxylation is 2. The molecule has 37 heteroatoms. The molecule has 10 rings (SSSR count). The number of esters is 2. The molecule has 0 bridgehead atoms. The number of halogens is 6. The Morgan fingerprint density at radius 2 is 0.965 bits per heavy atom. The molecule has 2 saturated heterocycles. The van der Waals surface area contributed by atoms with Gasteiger partial charge in [-0.2, -0.15) is 26.3 Å². The molecule has 618 valence electrons. The minimum Gasteiger partial charge on any atom is -0.483 e. The number of alkyl halides is 6. The quantitative estimate of drug-likeness (QED) is 0.0138. The van der Waals surface area contributed by atoms with E-state index in [0.717, 1.165) is 148 Å². The van der Waals surface area contributed by atoms with E-state index in [4.69, 9.17) is 54.5 Å². The SMILES string of the molecule is C[C@H](N)C(=O)OC(C)(C)C.Cc1c(NC[C@H](NC(=O)OCc2ccccc2)C(=O)N[C@@H](C)C(=O)OC(C)(C)C)ncnc1N1CCC(c2ccc3c(n2)NCCC3)CC1.Cc1c(NC[C@H](NC(=O)OCc2ccccc2)C(=O)O)ncnc1N1CCC(c2ccc3c(n2)NCCC3)CC1.FC(F)F.O=C(O)C(F)(F)F.O=CO. The molecule has 4 aliphatic heterocycles. The predicted molar refractivity (Wildman–Crippen MR) is 408 cm³/mol. The first-order valence-corrected chi connectivity index (χ1v) is 36.4. The monoisotopic (exact) mass is 1590 g/mol. The molecule has 12 N–H and O–H groups in total. The number of nitrogens with one attached hydrogen (secondary N) is 7. The Kier molecular flexibility index (Phi) is 36.9. The maximum absolute atomic E-state index is 13.4. The summed E-state index contributed by atoms with van der Waals surface area (Å²) in [6, 6.07) is 23.4. The number of alkyl carbamates (subject to hydrolysis) is 2. The van der Waals surface area contributed by atoms with E-state index in [-0.39, 0.29) is 38.7 Å². The first kappa shape index (κ1) is 92.2. The second kappa shape index (κ2) is 45.2. The molecule has 3 amide bonds. The molecule has 0 unspecified atom stereocenters. The fraction of sp³-hybridized carbons (Fsp3) is 0.500. The summed E-state index contributed by atoms with van der Waals surface area (Å²) in [7, 11) is 0. The van der Waals surface area contributed by atoms with Crippen LogP contribution in [0.2, 0.25) is 0 Å². The molecule has 2 fully saturated rings. The topological polar surface area (TPSA) is 428 Å². The summed E-state index contributed by atoms with van der Waals surface area (Å²) < 4.78 is 81.6. The van der Waals surface area contributed by atoms with Crippen LogP contribution >= 0.6 is 0 Å². The molecule has 4 aliphatic rings. The fourth-order valence-corrected chi connectivity index (χ4v) is 11.6. The molecule has 0 aliphatic carbocycles. The number of carbonyl (C=O) groups excluding carboxylic acids is 5. The average Bonchev–Trinajstić information content (AvgIpc) is 0.810. The number of hydrogen-bond acceptors (Lipinski definition) is 25. The Bertz CT molecular complexity index is 4030. The summed E-state index contributed by atoms with van der Waals surface area (Å²) in [6.07, 6.45) is 4.59. The van der Waals surface area contributed by atoms with Crippen molar-refractivity contribution < 1.29 is 99.0 Å². The van der Waals surface area contributed by atoms with Crippen molar-refractivity contribution in [3.63, 3.8) is 0 Å². The number of pyridine rings is 2. The Labute approximate surface area is 651 Å². The van der Waals surface area contributed by atoms with Crippen LogP contribution in [0.5, 0.6) is 0 Å². The number of fused-ring (bicyclic) bond motifs is 2. The summed E-state index contributed by atoms with van der Waals surface area (Å²) in [5.74, 6) is 0.0706. The minimum absolute atomic E-state index is 0.0231. The zero-order chi connectivity index (χ0) is 83.6. The summed E-state index contributed by atoms with van der Waals surface area (Å²) in [5.41, 5.74) is 12.3. The summed E-state index contributed by atoms with van der Waals surface area (Å²) >= 11 is 0. The lowest BCUT2D eigenvalue weighted by Crippen LogP contribution is -2.54. The van der Waals surface area contributed by atoms with Gasteiger partial charge in [0.1, 0.15) is 96.1 Å². The molecule has 31 nitrogen and oxygen atoms in total. The first-order chi connectivity index (χ1) is 53.4. The van der Waals surface area contributed by atoms with Crippen LogP contribution < -0.4 is 52.8 Å². The number of ether oxygens (including phenoxy) is 4. The Balaban J connectivity index is 0.000000316. The van der Waals surface area contributed by atoms with Crippen LogP contribution in [-0.4, -0.2) is 194 Å². The zero-order valence-electron chi connectivity index (χ0n) is 64.7. The number of carbonyl (C=O) groups is 8. The van der Waals surface area contributed by atoms with E-state index < -0.39 is 84.2 Å². The van der Waals surface area contributed by atoms with Crippen molar-refractivity contribution in [2.45, 2.75) is 194 Å². The molecule has 4 aromatic heterocycles. The van der Waals surface area contributed by atoms with Crippen molar-refractivity contribution in [1.29, 1.82) is 0 Å². The molecule has 2 aromatic carbocycles. The second-order valence-electron chi connectivity index (χ2n) is 28.3. The highest BCUT2D eigenvalue weighted by atomic mass is 19.4. The number of amides is 3. The fourth-order valence-electron chi connectivity index (χ4n) is 11.6. The Hall–Kier alpha value is -11.4. The normalized spacial score (nSPS) is 15.0. The molecule has 6 aromatic rings. The molecule has 8 heterocycles. The van der Waals surface area contributed by atoms with Gasteiger partial charge in [0.15, 0.2) is 0 Å². The maximum Gasteiger partial charge on any atom is 0.490 e. The molecule has 4 atom stereocenters. The van der Waals surface area contributed by atoms with Gasteiger partial charge in [-0.15, -0.1) is 0 Å². The predicted octanol–water partition coefficient (Wildman–Crippen LogP) is 10.4. The Morgan fingerprint density at radius 3 is 1.32 bits per heavy atom. The third-order valence-electron chi connectivity index (χ3n) is 17.1. The number of carboxylic acids is 2. The zero-order valence-corrected chi connectivity index (χ0v) is 64.7. The number of benzene rings is 2. The van der Waals surface area contributed by atoms with Gasteiger partial charge >= 0.3 is 48.9 Å². The summed E-state index contributed by atoms with van der Waals surface area (Å²) in [6.45, 7) is 19.0. The van der Waals surface area contributed by atoms with Crippen molar-refractivity contribution in [3.05, 3.63) is 142 Å². The third-order valence-corrected chi connectivity index (χ3v) is 17.1. The van der Waals surface area contributed by atoms with Crippen molar-refractivity contribution in [1.82, 2.24) is 45.9 Å². The van der Waals surface area contributed by atoms with E-state index in [1.54, 1.807) is 27.7 Å². The molecule has 0 spiro atoms. The van der Waals surface area contributed by atoms with E-state index in [9.17, 15) is 60.2 Å². The van der Waals surface area contributed by atoms with Gasteiger partial charge in [-0.1, -0.05) is 72.8 Å². The van der Waals surface area contributed by atoms with Crippen LogP contribution in [0, 0.1) is 13.8 Å². The summed E-state index contributed by atoms with van der Waals surface area (Å²) in [5, 5.41) is 44.5. The largest absolute Gasteiger partial charge is 0.490 e. The highest BCUT2D eigenvalue weighted by Gasteiger charge is 2.38. The number of piperidine rings is 2. The maximum atomic E-state index is 13.4. The smallest absolute Gasteiger partial charge is 0.483 e. The lowest BCUT2D eigenvalue weighted by atomic mass is 9.92. The number of nitrogens with two attached hydrogens (primary N) is 1. The van der Waals surface area contributed by atoms with Crippen molar-refractivity contribution in [2.75, 3.05) is 83.4 Å². The van der Waals surface area contributed by atoms with Gasteiger partial charge in [0.05, 0.1) is 0 Å². The third kappa shape index (κ3) is 32.8. The van der Waals surface area contributed by atoms with Crippen LogP contribution in [0.15, 0.2) is 97.6 Å². The van der Waals surface area contributed by atoms with Crippen LogP contribution in [0.4, 0.5) is 70.8 Å². The van der Waals surface area contributed by atoms with Gasteiger partial charge in [-0.05, 0) is 155 Å². The standard InChI is InChI=1S/C36H48N8O5.C29H35N7O4.C7H15NO2.C2HF3O2.CHF3.CH2O2/c1-23-30(39-22-40-32(23)44-18-15-26(16-19-44)28-14-13-27-12-9-17-37-31(27)42-28)38-20-29(33(45)41-24(2)34(46)49-36(3,4)5)43-35(47)48-21-25-10-7-6-8-11-25;1-19-25(31-16-24(28(37)38)35-29(39)40-17-20-6-3-2-4-7-20)32-18-33-27(19)36-14-11-21(12-15-36)23-10-9-22-8-5-13-30-26(22)34-23;1-5(8)6(9)10-7(2,3)4;3-2(4,5)1(6)7;2-1(3)4;2-1-3/h6-8,10-11,13-14,22,24,26,29H,9,12,15-21H2,1-5H3,(H,37,42)(H,41,45)(H,43,47)(H,38,39,40);2-4,6-7,9-10,18,21,24H,5,8,11-17H2,1H3,(H,30,34)(H,35,39)(H,37,38)(H,31,32,33);5H,8H2,1-4H3;(H,6,7);1H;1H,(H,2,3)/t24-,29-;24-;5-;;;/m000.../s1. The van der Waals surface area contributed by atoms with Gasteiger partial charge in [-0.3, -0.25) is 14.4 Å². The molecule has 113 heavy (non-hydrogen) atoms.